The van der Waals surface area contributed by atoms with Crippen LogP contribution in [0.25, 0.3) is 100 Å². The fourth-order valence-electron chi connectivity index (χ4n) is 8.75. The van der Waals surface area contributed by atoms with Crippen LogP contribution in [0.3, 0.4) is 0 Å². The van der Waals surface area contributed by atoms with Crippen LogP contribution in [0.15, 0.2) is 200 Å². The summed E-state index contributed by atoms with van der Waals surface area (Å²) in [6.45, 7) is 2.18. The highest BCUT2D eigenvalue weighted by Gasteiger charge is 2.25. The number of nitrogens with zero attached hydrogens (tertiary/aromatic N) is 4. The summed E-state index contributed by atoms with van der Waals surface area (Å²) in [4.78, 5) is 10.8. The average molecular weight is 729 g/mol. The number of aromatic nitrogens is 4. The Morgan fingerprint density at radius 2 is 0.860 bits per heavy atom. The van der Waals surface area contributed by atoms with Crippen LogP contribution in [0.1, 0.15) is 5.56 Å². The van der Waals surface area contributed by atoms with Gasteiger partial charge in [0, 0.05) is 55.2 Å². The molecule has 57 heavy (non-hydrogen) atoms. The summed E-state index contributed by atoms with van der Waals surface area (Å²) in [5, 5.41) is 4.77. The van der Waals surface area contributed by atoms with Gasteiger partial charge in [-0.05, 0) is 72.6 Å². The van der Waals surface area contributed by atoms with Crippen molar-refractivity contribution in [1.82, 2.24) is 19.1 Å². The summed E-state index contributed by atoms with van der Waals surface area (Å²) < 4.78 is 4.76. The minimum atomic E-state index is 0.700. The Morgan fingerprint density at radius 1 is 0.368 bits per heavy atom. The Labute approximate surface area is 330 Å². The van der Waals surface area contributed by atoms with Crippen LogP contribution in [0, 0.1) is 6.92 Å². The maximum Gasteiger partial charge on any atom is 0.160 e. The van der Waals surface area contributed by atoms with Gasteiger partial charge in [-0.2, -0.15) is 0 Å². The van der Waals surface area contributed by atoms with Gasteiger partial charge in [0.1, 0.15) is 0 Å². The van der Waals surface area contributed by atoms with E-state index in [0.717, 1.165) is 67.2 Å². The third-order valence-corrected chi connectivity index (χ3v) is 11.3. The highest BCUT2D eigenvalue weighted by molar-refractivity contribution is 6.19. The standard InChI is InChI=1S/C53H36N4/c1-35-51(36-18-6-2-7-19-36)54-53(37-20-8-3-9-21-37)55-52(35)50-41(31-33-48-49(50)43-27-15-17-29-46(43)57(48)40-24-12-5-13-25-40)38-30-32-47-44(34-38)42-26-14-16-28-45(42)56(47)39-22-10-4-11-23-39/h2-34H,1H3. The monoisotopic (exact) mass is 728 g/mol. The highest BCUT2D eigenvalue weighted by Crippen LogP contribution is 2.46. The lowest BCUT2D eigenvalue weighted by molar-refractivity contribution is 1.15. The van der Waals surface area contributed by atoms with Crippen molar-refractivity contribution < 1.29 is 0 Å². The van der Waals surface area contributed by atoms with Crippen LogP contribution in [0.4, 0.5) is 0 Å². The molecule has 0 aliphatic heterocycles. The normalized spacial score (nSPS) is 11.6. The topological polar surface area (TPSA) is 35.6 Å². The molecule has 0 spiro atoms. The Hall–Kier alpha value is -7.56. The molecule has 0 amide bonds. The molecule has 11 rings (SSSR count). The smallest absolute Gasteiger partial charge is 0.160 e. The molecule has 0 saturated heterocycles. The first kappa shape index (κ1) is 32.8. The van der Waals surface area contributed by atoms with E-state index in [1.165, 1.54) is 32.6 Å². The number of rotatable bonds is 6. The van der Waals surface area contributed by atoms with Crippen molar-refractivity contribution in [3.8, 4) is 56.4 Å². The van der Waals surface area contributed by atoms with E-state index >= 15 is 0 Å². The average Bonchev–Trinajstić information content (AvgIpc) is 3.80. The quantitative estimate of drug-likeness (QED) is 0.171. The van der Waals surface area contributed by atoms with Crippen molar-refractivity contribution in [2.45, 2.75) is 6.92 Å². The van der Waals surface area contributed by atoms with Crippen LogP contribution >= 0.6 is 0 Å². The van der Waals surface area contributed by atoms with Gasteiger partial charge >= 0.3 is 0 Å². The molecule has 8 aromatic carbocycles. The van der Waals surface area contributed by atoms with Gasteiger partial charge in [0.2, 0.25) is 0 Å². The van der Waals surface area contributed by atoms with Crippen molar-refractivity contribution in [2.75, 3.05) is 0 Å². The zero-order valence-corrected chi connectivity index (χ0v) is 31.3. The second kappa shape index (κ2) is 13.3. The van der Waals surface area contributed by atoms with Gasteiger partial charge in [-0.1, -0.05) is 146 Å². The maximum atomic E-state index is 5.56. The van der Waals surface area contributed by atoms with Gasteiger partial charge in [-0.15, -0.1) is 0 Å². The van der Waals surface area contributed by atoms with Crippen molar-refractivity contribution in [1.29, 1.82) is 0 Å². The largest absolute Gasteiger partial charge is 0.309 e. The summed E-state index contributed by atoms with van der Waals surface area (Å²) in [6, 6.07) is 71.2. The van der Waals surface area contributed by atoms with E-state index in [1.54, 1.807) is 0 Å². The first-order chi connectivity index (χ1) is 28.2. The molecule has 0 aliphatic rings. The molecule has 0 fully saturated rings. The van der Waals surface area contributed by atoms with Gasteiger partial charge in [0.25, 0.3) is 0 Å². The first-order valence-corrected chi connectivity index (χ1v) is 19.4. The van der Waals surface area contributed by atoms with Crippen LogP contribution in [-0.2, 0) is 0 Å². The van der Waals surface area contributed by atoms with Crippen molar-refractivity contribution in [3.05, 3.63) is 206 Å². The van der Waals surface area contributed by atoms with E-state index in [1.807, 2.05) is 6.07 Å². The molecule has 4 heteroatoms. The van der Waals surface area contributed by atoms with Crippen molar-refractivity contribution in [3.63, 3.8) is 0 Å². The van der Waals surface area contributed by atoms with Gasteiger partial charge in [0.15, 0.2) is 5.82 Å². The van der Waals surface area contributed by atoms with Gasteiger partial charge in [-0.3, -0.25) is 0 Å². The molecule has 0 aliphatic carbocycles. The molecule has 11 aromatic rings. The summed E-state index contributed by atoms with van der Waals surface area (Å²) in [6.07, 6.45) is 0. The first-order valence-electron chi connectivity index (χ1n) is 19.4. The molecular formula is C53H36N4. The Bertz CT molecular complexity index is 3270. The summed E-state index contributed by atoms with van der Waals surface area (Å²) in [7, 11) is 0. The zero-order chi connectivity index (χ0) is 37.9. The van der Waals surface area contributed by atoms with Crippen LogP contribution in [0.5, 0.6) is 0 Å². The summed E-state index contributed by atoms with van der Waals surface area (Å²) in [5.74, 6) is 0.700. The summed E-state index contributed by atoms with van der Waals surface area (Å²) >= 11 is 0. The second-order valence-corrected chi connectivity index (χ2v) is 14.6. The Morgan fingerprint density at radius 3 is 1.53 bits per heavy atom. The molecular weight excluding hydrogens is 693 g/mol. The molecule has 268 valence electrons. The molecule has 0 unspecified atom stereocenters. The molecule has 3 aromatic heterocycles. The van der Waals surface area contributed by atoms with Crippen molar-refractivity contribution >= 4 is 43.6 Å². The SMILES string of the molecule is Cc1c(-c2ccccc2)nc(-c2ccccc2)nc1-c1c(-c2ccc3c(c2)c2ccccc2n3-c2ccccc2)ccc2c1c1ccccc1n2-c1ccccc1. The van der Waals surface area contributed by atoms with Gasteiger partial charge in [-0.25, -0.2) is 9.97 Å². The van der Waals surface area contributed by atoms with Gasteiger partial charge < -0.3 is 9.13 Å². The minimum Gasteiger partial charge on any atom is -0.309 e. The molecule has 0 saturated carbocycles. The number of hydrogen-bond donors (Lipinski definition) is 0. The van der Waals surface area contributed by atoms with E-state index in [2.05, 4.69) is 210 Å². The lowest BCUT2D eigenvalue weighted by Crippen LogP contribution is -2.02. The molecule has 0 atom stereocenters. The second-order valence-electron chi connectivity index (χ2n) is 14.6. The van der Waals surface area contributed by atoms with E-state index < -0.39 is 0 Å². The fourth-order valence-corrected chi connectivity index (χ4v) is 8.75. The van der Waals surface area contributed by atoms with E-state index in [0.29, 0.717) is 5.82 Å². The lowest BCUT2D eigenvalue weighted by atomic mass is 9.89. The number of para-hydroxylation sites is 4. The molecule has 3 heterocycles. The van der Waals surface area contributed by atoms with E-state index in [-0.39, 0.29) is 0 Å². The van der Waals surface area contributed by atoms with E-state index in [9.17, 15) is 0 Å². The molecule has 0 radical (unpaired) electrons. The third kappa shape index (κ3) is 5.30. The van der Waals surface area contributed by atoms with E-state index in [4.69, 9.17) is 9.97 Å². The van der Waals surface area contributed by atoms with Gasteiger partial charge in [0.05, 0.1) is 33.5 Å². The Kier molecular flexibility index (Phi) is 7.68. The molecule has 0 N–H and O–H groups in total. The molecule has 0 bridgehead atoms. The maximum absolute atomic E-state index is 5.56. The van der Waals surface area contributed by atoms with Crippen LogP contribution in [-0.4, -0.2) is 19.1 Å². The predicted molar refractivity (Wildman–Crippen MR) is 237 cm³/mol. The highest BCUT2D eigenvalue weighted by atomic mass is 15.0. The summed E-state index contributed by atoms with van der Waals surface area (Å²) in [5.41, 5.74) is 15.2. The van der Waals surface area contributed by atoms with Crippen LogP contribution < -0.4 is 0 Å². The third-order valence-electron chi connectivity index (χ3n) is 11.3. The number of benzene rings is 8. The Balaban J connectivity index is 1.28. The lowest BCUT2D eigenvalue weighted by Gasteiger charge is -2.18. The number of hydrogen-bond acceptors (Lipinski definition) is 2. The molecule has 4 nitrogen and oxygen atoms in total. The number of fused-ring (bicyclic) bond motifs is 6. The van der Waals surface area contributed by atoms with Crippen molar-refractivity contribution in [2.24, 2.45) is 0 Å². The fraction of sp³-hybridized carbons (Fsp3) is 0.0189. The zero-order valence-electron chi connectivity index (χ0n) is 31.3. The minimum absolute atomic E-state index is 0.700. The van der Waals surface area contributed by atoms with Crippen LogP contribution in [0.2, 0.25) is 0 Å². The predicted octanol–water partition coefficient (Wildman–Crippen LogP) is 13.6.